The van der Waals surface area contributed by atoms with Crippen LogP contribution >= 0.6 is 0 Å². The quantitative estimate of drug-likeness (QED) is 0.829. The first-order valence-corrected chi connectivity index (χ1v) is 8.51. The molecule has 0 saturated heterocycles. The topological polar surface area (TPSA) is 12.0 Å². The number of hydrogen-bond acceptors (Lipinski definition) is 1. The summed E-state index contributed by atoms with van der Waals surface area (Å²) in [7, 11) is 0. The molecule has 1 saturated carbocycles. The molecule has 1 aromatic rings. The SMILES string of the molecule is CC(NCC1(C)CCCCC1)c1ccc2c(c1)CCC2. The lowest BCUT2D eigenvalue weighted by atomic mass is 9.75. The molecule has 1 N–H and O–H groups in total. The first-order chi connectivity index (χ1) is 9.66. The zero-order valence-electron chi connectivity index (χ0n) is 13.2. The molecule has 0 spiro atoms. The van der Waals surface area contributed by atoms with Crippen molar-refractivity contribution in [2.45, 2.75) is 71.3 Å². The number of fused-ring (bicyclic) bond motifs is 1. The molecule has 0 aromatic heterocycles. The second-order valence-corrected chi connectivity index (χ2v) is 7.36. The Morgan fingerprint density at radius 1 is 1.05 bits per heavy atom. The maximum absolute atomic E-state index is 3.80. The van der Waals surface area contributed by atoms with Crippen LogP contribution in [0.5, 0.6) is 0 Å². The lowest BCUT2D eigenvalue weighted by molar-refractivity contribution is 0.202. The van der Waals surface area contributed by atoms with Crippen molar-refractivity contribution in [3.8, 4) is 0 Å². The van der Waals surface area contributed by atoms with E-state index in [0.29, 0.717) is 11.5 Å². The van der Waals surface area contributed by atoms with Gasteiger partial charge >= 0.3 is 0 Å². The van der Waals surface area contributed by atoms with E-state index in [1.165, 1.54) is 63.5 Å². The highest BCUT2D eigenvalue weighted by atomic mass is 14.9. The second-order valence-electron chi connectivity index (χ2n) is 7.36. The third-order valence-electron chi connectivity index (χ3n) is 5.52. The number of benzene rings is 1. The van der Waals surface area contributed by atoms with E-state index < -0.39 is 0 Å². The van der Waals surface area contributed by atoms with Crippen molar-refractivity contribution in [1.82, 2.24) is 5.32 Å². The Morgan fingerprint density at radius 2 is 1.80 bits per heavy atom. The van der Waals surface area contributed by atoms with Crippen molar-refractivity contribution >= 4 is 0 Å². The molecule has 2 aliphatic rings. The first kappa shape index (κ1) is 14.1. The van der Waals surface area contributed by atoms with Gasteiger partial charge in [-0.05, 0) is 61.1 Å². The molecule has 1 aromatic carbocycles. The molecular weight excluding hydrogens is 242 g/mol. The highest BCUT2D eigenvalue weighted by Crippen LogP contribution is 2.35. The van der Waals surface area contributed by atoms with Gasteiger partial charge in [0.15, 0.2) is 0 Å². The molecule has 0 radical (unpaired) electrons. The van der Waals surface area contributed by atoms with Gasteiger partial charge in [0.05, 0.1) is 0 Å². The van der Waals surface area contributed by atoms with Crippen molar-refractivity contribution in [2.24, 2.45) is 5.41 Å². The molecule has 20 heavy (non-hydrogen) atoms. The summed E-state index contributed by atoms with van der Waals surface area (Å²) in [5.41, 5.74) is 5.19. The fourth-order valence-corrected chi connectivity index (χ4v) is 3.96. The second kappa shape index (κ2) is 5.89. The Balaban J connectivity index is 1.60. The van der Waals surface area contributed by atoms with Crippen LogP contribution in [0.4, 0.5) is 0 Å². The van der Waals surface area contributed by atoms with Crippen molar-refractivity contribution in [1.29, 1.82) is 0 Å². The van der Waals surface area contributed by atoms with Gasteiger partial charge in [0, 0.05) is 12.6 Å². The number of aryl methyl sites for hydroxylation is 2. The monoisotopic (exact) mass is 271 g/mol. The third kappa shape index (κ3) is 3.09. The average molecular weight is 271 g/mol. The molecule has 0 heterocycles. The van der Waals surface area contributed by atoms with Crippen LogP contribution in [0.15, 0.2) is 18.2 Å². The van der Waals surface area contributed by atoms with Gasteiger partial charge in [0.1, 0.15) is 0 Å². The minimum absolute atomic E-state index is 0.486. The van der Waals surface area contributed by atoms with Crippen LogP contribution < -0.4 is 5.32 Å². The lowest BCUT2D eigenvalue weighted by Gasteiger charge is -2.35. The minimum atomic E-state index is 0.486. The summed E-state index contributed by atoms with van der Waals surface area (Å²) in [6.45, 7) is 5.96. The number of rotatable bonds is 4. The van der Waals surface area contributed by atoms with E-state index in [9.17, 15) is 0 Å². The van der Waals surface area contributed by atoms with E-state index in [2.05, 4.69) is 37.4 Å². The maximum atomic E-state index is 3.80. The third-order valence-corrected chi connectivity index (χ3v) is 5.52. The molecular formula is C19H29N. The van der Waals surface area contributed by atoms with Gasteiger partial charge in [-0.2, -0.15) is 0 Å². The van der Waals surface area contributed by atoms with Gasteiger partial charge < -0.3 is 5.32 Å². The van der Waals surface area contributed by atoms with Gasteiger partial charge in [-0.25, -0.2) is 0 Å². The van der Waals surface area contributed by atoms with Crippen LogP contribution in [-0.2, 0) is 12.8 Å². The Kier molecular flexibility index (Phi) is 4.16. The van der Waals surface area contributed by atoms with Gasteiger partial charge in [0.2, 0.25) is 0 Å². The highest BCUT2D eigenvalue weighted by molar-refractivity contribution is 5.36. The Morgan fingerprint density at radius 3 is 2.60 bits per heavy atom. The molecule has 1 heteroatoms. The van der Waals surface area contributed by atoms with E-state index in [0.717, 1.165) is 0 Å². The largest absolute Gasteiger partial charge is 0.310 e. The van der Waals surface area contributed by atoms with Crippen molar-refractivity contribution in [3.05, 3.63) is 34.9 Å². The van der Waals surface area contributed by atoms with Gasteiger partial charge in [-0.15, -0.1) is 0 Å². The summed E-state index contributed by atoms with van der Waals surface area (Å²) in [5, 5.41) is 3.80. The molecule has 1 atom stereocenters. The summed E-state index contributed by atoms with van der Waals surface area (Å²) in [6.07, 6.45) is 11.0. The van der Waals surface area contributed by atoms with Crippen LogP contribution in [0.3, 0.4) is 0 Å². The zero-order valence-corrected chi connectivity index (χ0v) is 13.2. The molecule has 0 amide bonds. The van der Waals surface area contributed by atoms with Crippen LogP contribution in [-0.4, -0.2) is 6.54 Å². The fourth-order valence-electron chi connectivity index (χ4n) is 3.96. The van der Waals surface area contributed by atoms with Crippen LogP contribution in [0.1, 0.15) is 75.1 Å². The van der Waals surface area contributed by atoms with Gasteiger partial charge in [0.25, 0.3) is 0 Å². The molecule has 1 unspecified atom stereocenters. The van der Waals surface area contributed by atoms with Crippen molar-refractivity contribution in [3.63, 3.8) is 0 Å². The summed E-state index contributed by atoms with van der Waals surface area (Å²) < 4.78 is 0. The van der Waals surface area contributed by atoms with Crippen molar-refractivity contribution in [2.75, 3.05) is 6.54 Å². The summed E-state index contributed by atoms with van der Waals surface area (Å²) in [4.78, 5) is 0. The molecule has 2 aliphatic carbocycles. The molecule has 110 valence electrons. The Bertz CT molecular complexity index is 457. The van der Waals surface area contributed by atoms with Crippen molar-refractivity contribution < 1.29 is 0 Å². The maximum Gasteiger partial charge on any atom is 0.0292 e. The van der Waals surface area contributed by atoms with Gasteiger partial charge in [-0.1, -0.05) is 44.4 Å². The van der Waals surface area contributed by atoms with E-state index in [1.54, 1.807) is 11.1 Å². The van der Waals surface area contributed by atoms with Gasteiger partial charge in [-0.3, -0.25) is 0 Å². The standard InChI is InChI=1S/C19H29N/c1-15(20-14-19(2)11-4-3-5-12-19)17-10-9-16-7-6-8-18(16)13-17/h9-10,13,15,20H,3-8,11-12,14H2,1-2H3. The highest BCUT2D eigenvalue weighted by Gasteiger charge is 2.27. The molecule has 3 rings (SSSR count). The summed E-state index contributed by atoms with van der Waals surface area (Å²) in [6, 6.07) is 7.63. The normalized spacial score (nSPS) is 22.5. The molecule has 0 bridgehead atoms. The van der Waals surface area contributed by atoms with Crippen LogP contribution in [0.2, 0.25) is 0 Å². The number of hydrogen-bond donors (Lipinski definition) is 1. The van der Waals surface area contributed by atoms with Crippen LogP contribution in [0.25, 0.3) is 0 Å². The first-order valence-electron chi connectivity index (χ1n) is 8.51. The Labute approximate surface area is 124 Å². The summed E-state index contributed by atoms with van der Waals surface area (Å²) in [5.74, 6) is 0. The Hall–Kier alpha value is -0.820. The molecule has 1 fully saturated rings. The molecule has 0 aliphatic heterocycles. The summed E-state index contributed by atoms with van der Waals surface area (Å²) >= 11 is 0. The molecule has 1 nitrogen and oxygen atoms in total. The van der Waals surface area contributed by atoms with E-state index in [-0.39, 0.29) is 0 Å². The number of nitrogens with one attached hydrogen (secondary N) is 1. The lowest BCUT2D eigenvalue weighted by Crippen LogP contribution is -2.35. The van der Waals surface area contributed by atoms with Crippen LogP contribution in [0, 0.1) is 5.41 Å². The van der Waals surface area contributed by atoms with E-state index in [4.69, 9.17) is 0 Å². The predicted molar refractivity (Wildman–Crippen MR) is 86.1 cm³/mol. The van der Waals surface area contributed by atoms with E-state index in [1.807, 2.05) is 0 Å². The minimum Gasteiger partial charge on any atom is -0.310 e. The smallest absolute Gasteiger partial charge is 0.0292 e. The zero-order chi connectivity index (χ0) is 14.0. The average Bonchev–Trinajstić information content (AvgIpc) is 2.93. The predicted octanol–water partition coefficient (Wildman–Crippen LogP) is 4.80. The fraction of sp³-hybridized carbons (Fsp3) is 0.684. The van der Waals surface area contributed by atoms with E-state index >= 15 is 0 Å².